The number of nitrogens with zero attached hydrogens (tertiary/aromatic N) is 4. The fourth-order valence-electron chi connectivity index (χ4n) is 4.73. The molecule has 0 unspecified atom stereocenters. The molecule has 6 rings (SSSR count). The fourth-order valence-corrected chi connectivity index (χ4v) is 4.73. The lowest BCUT2D eigenvalue weighted by molar-refractivity contribution is -0.0498. The minimum absolute atomic E-state index is 0.0255. The van der Waals surface area contributed by atoms with Crippen LogP contribution in [0, 0.1) is 0 Å². The molecule has 2 aromatic heterocycles. The van der Waals surface area contributed by atoms with Crippen molar-refractivity contribution >= 4 is 22.1 Å². The summed E-state index contributed by atoms with van der Waals surface area (Å²) in [5.41, 5.74) is 5.33. The van der Waals surface area contributed by atoms with Gasteiger partial charge in [-0.05, 0) is 72.9 Å². The van der Waals surface area contributed by atoms with Crippen molar-refractivity contribution in [2.75, 3.05) is 7.11 Å². The van der Waals surface area contributed by atoms with Gasteiger partial charge in [-0.3, -0.25) is 9.36 Å². The van der Waals surface area contributed by atoms with Gasteiger partial charge >= 0.3 is 6.61 Å². The fraction of sp³-hybridized carbons (Fsp3) is 0.250. The molecule has 9 heteroatoms. The maximum Gasteiger partial charge on any atom is 0.387 e. The summed E-state index contributed by atoms with van der Waals surface area (Å²) < 4.78 is 38.6. The van der Waals surface area contributed by atoms with Gasteiger partial charge in [-0.2, -0.15) is 8.78 Å². The van der Waals surface area contributed by atoms with Crippen LogP contribution in [0.4, 0.5) is 8.78 Å². The number of halogens is 2. The van der Waals surface area contributed by atoms with Crippen molar-refractivity contribution in [3.05, 3.63) is 82.4 Å². The van der Waals surface area contributed by atoms with Crippen LogP contribution in [-0.2, 0) is 18.4 Å². The highest BCUT2D eigenvalue weighted by Gasteiger charge is 2.25. The Morgan fingerprint density at radius 3 is 2.41 bits per heavy atom. The van der Waals surface area contributed by atoms with Gasteiger partial charge in [0.15, 0.2) is 0 Å². The average Bonchev–Trinajstić information content (AvgIpc) is 3.69. The lowest BCUT2D eigenvalue weighted by atomic mass is 10.1. The number of hydrogen-bond acceptors (Lipinski definition) is 5. The number of rotatable bonds is 7. The highest BCUT2D eigenvalue weighted by atomic mass is 19.3. The number of aryl methyl sites for hydroxylation is 1. The van der Waals surface area contributed by atoms with Crippen molar-refractivity contribution < 1.29 is 18.3 Å². The summed E-state index contributed by atoms with van der Waals surface area (Å²) in [4.78, 5) is 23.4. The summed E-state index contributed by atoms with van der Waals surface area (Å²) in [6, 6.07) is 17.7. The van der Waals surface area contributed by atoms with Crippen molar-refractivity contribution in [3.63, 3.8) is 0 Å². The Kier molecular flexibility index (Phi) is 5.72. The van der Waals surface area contributed by atoms with Crippen LogP contribution in [0.5, 0.6) is 5.75 Å². The molecule has 1 saturated carbocycles. The smallest absolute Gasteiger partial charge is 0.387 e. The molecule has 1 aliphatic carbocycles. The Bertz CT molecular complexity index is 1690. The number of fused-ring (bicyclic) bond motifs is 2. The molecule has 1 fully saturated rings. The number of methoxy groups -OCH3 is 1. The molecular formula is C28H24F2N4O3. The Morgan fingerprint density at radius 2 is 1.70 bits per heavy atom. The quantitative estimate of drug-likeness (QED) is 0.291. The van der Waals surface area contributed by atoms with Gasteiger partial charge in [-0.25, -0.2) is 9.97 Å². The monoisotopic (exact) mass is 502 g/mol. The first-order valence-corrected chi connectivity index (χ1v) is 12.0. The second-order valence-corrected chi connectivity index (χ2v) is 9.22. The SMILES string of the molecule is COCc1nc2ccc(-c3nc4ccc(C5CC5)cc4n(-c4ccc(OC(F)F)cc4)c3=O)cc2n1C. The molecule has 0 bridgehead atoms. The van der Waals surface area contributed by atoms with Crippen LogP contribution in [-0.4, -0.2) is 32.8 Å². The van der Waals surface area contributed by atoms with Gasteiger partial charge in [0, 0.05) is 25.4 Å². The van der Waals surface area contributed by atoms with Gasteiger partial charge in [0.05, 0.1) is 22.1 Å². The van der Waals surface area contributed by atoms with Crippen LogP contribution in [0.1, 0.15) is 30.1 Å². The molecule has 0 aliphatic heterocycles. The highest BCUT2D eigenvalue weighted by molar-refractivity contribution is 5.85. The Hall–Kier alpha value is -4.11. The highest BCUT2D eigenvalue weighted by Crippen LogP contribution is 2.41. The minimum atomic E-state index is -2.92. The maximum atomic E-state index is 14.0. The van der Waals surface area contributed by atoms with Crippen LogP contribution < -0.4 is 10.3 Å². The summed E-state index contributed by atoms with van der Waals surface area (Å²) in [5.74, 6) is 1.29. The van der Waals surface area contributed by atoms with E-state index in [9.17, 15) is 13.6 Å². The number of alkyl halides is 2. The molecule has 7 nitrogen and oxygen atoms in total. The van der Waals surface area contributed by atoms with Gasteiger partial charge in [-0.15, -0.1) is 0 Å². The molecule has 2 heterocycles. The van der Waals surface area contributed by atoms with E-state index >= 15 is 0 Å². The van der Waals surface area contributed by atoms with Crippen molar-refractivity contribution in [1.29, 1.82) is 0 Å². The molecular weight excluding hydrogens is 478 g/mol. The predicted octanol–water partition coefficient (Wildman–Crippen LogP) is 5.56. The van der Waals surface area contributed by atoms with Crippen molar-refractivity contribution in [2.24, 2.45) is 7.05 Å². The van der Waals surface area contributed by atoms with E-state index in [1.54, 1.807) is 23.8 Å². The third-order valence-corrected chi connectivity index (χ3v) is 6.77. The molecule has 0 radical (unpaired) electrons. The topological polar surface area (TPSA) is 71.2 Å². The number of ether oxygens (including phenoxy) is 2. The van der Waals surface area contributed by atoms with Gasteiger partial charge in [0.25, 0.3) is 5.56 Å². The van der Waals surface area contributed by atoms with Gasteiger partial charge in [-0.1, -0.05) is 12.1 Å². The van der Waals surface area contributed by atoms with E-state index in [-0.39, 0.29) is 17.0 Å². The van der Waals surface area contributed by atoms with Crippen LogP contribution in [0.25, 0.3) is 39.0 Å². The molecule has 3 aromatic carbocycles. The standard InChI is InChI=1S/C28H24F2N4O3/c1-33-23-14-18(6-12-21(23)31-25(33)15-36-2)26-27(35)34(19-7-9-20(10-8-19)37-28(29)30)24-13-17(16-3-4-16)5-11-22(24)32-26/h5-14,16,28H,3-4,15H2,1-2H3. The van der Waals surface area contributed by atoms with Gasteiger partial charge in [0.1, 0.15) is 23.9 Å². The van der Waals surface area contributed by atoms with Crippen molar-refractivity contribution in [1.82, 2.24) is 19.1 Å². The lowest BCUT2D eigenvalue weighted by Gasteiger charge is -2.14. The lowest BCUT2D eigenvalue weighted by Crippen LogP contribution is -2.22. The second-order valence-electron chi connectivity index (χ2n) is 9.22. The molecule has 0 saturated heterocycles. The first-order valence-electron chi connectivity index (χ1n) is 12.0. The van der Waals surface area contributed by atoms with E-state index in [0.29, 0.717) is 34.8 Å². The molecule has 1 aliphatic rings. The number of benzene rings is 3. The van der Waals surface area contributed by atoms with Crippen LogP contribution in [0.3, 0.4) is 0 Å². The van der Waals surface area contributed by atoms with E-state index in [1.165, 1.54) is 12.1 Å². The minimum Gasteiger partial charge on any atom is -0.435 e. The van der Waals surface area contributed by atoms with Crippen molar-refractivity contribution in [3.8, 4) is 22.7 Å². The summed E-state index contributed by atoms with van der Waals surface area (Å²) in [5, 5.41) is 0. The molecule has 37 heavy (non-hydrogen) atoms. The third-order valence-electron chi connectivity index (χ3n) is 6.77. The summed E-state index contributed by atoms with van der Waals surface area (Å²) in [7, 11) is 3.52. The zero-order valence-electron chi connectivity index (χ0n) is 20.3. The van der Waals surface area contributed by atoms with Gasteiger partial charge < -0.3 is 14.0 Å². The number of aromatic nitrogens is 4. The van der Waals surface area contributed by atoms with Crippen LogP contribution >= 0.6 is 0 Å². The Morgan fingerprint density at radius 1 is 0.973 bits per heavy atom. The summed E-state index contributed by atoms with van der Waals surface area (Å²) >= 11 is 0. The zero-order valence-corrected chi connectivity index (χ0v) is 20.3. The Balaban J connectivity index is 1.55. The largest absolute Gasteiger partial charge is 0.435 e. The predicted molar refractivity (Wildman–Crippen MR) is 136 cm³/mol. The van der Waals surface area contributed by atoms with E-state index in [0.717, 1.165) is 35.3 Å². The van der Waals surface area contributed by atoms with Crippen LogP contribution in [0.2, 0.25) is 0 Å². The Labute approximate surface area is 210 Å². The third kappa shape index (κ3) is 4.25. The van der Waals surface area contributed by atoms with E-state index < -0.39 is 6.61 Å². The molecule has 5 aromatic rings. The summed E-state index contributed by atoms with van der Waals surface area (Å²) in [6.07, 6.45) is 2.24. The number of hydrogen-bond donors (Lipinski definition) is 0. The first-order chi connectivity index (χ1) is 17.9. The molecule has 0 N–H and O–H groups in total. The normalized spacial score (nSPS) is 13.6. The second kappa shape index (κ2) is 9.08. The van der Waals surface area contributed by atoms with E-state index in [2.05, 4.69) is 15.8 Å². The maximum absolute atomic E-state index is 14.0. The van der Waals surface area contributed by atoms with Gasteiger partial charge in [0.2, 0.25) is 0 Å². The van der Waals surface area contributed by atoms with E-state index in [1.807, 2.05) is 41.9 Å². The number of imidazole rings is 1. The van der Waals surface area contributed by atoms with E-state index in [4.69, 9.17) is 9.72 Å². The van der Waals surface area contributed by atoms with Crippen LogP contribution in [0.15, 0.2) is 65.5 Å². The average molecular weight is 503 g/mol. The van der Waals surface area contributed by atoms with Crippen molar-refractivity contribution in [2.45, 2.75) is 32.0 Å². The molecule has 0 amide bonds. The first kappa shape index (κ1) is 23.3. The molecule has 0 atom stereocenters. The summed E-state index contributed by atoms with van der Waals surface area (Å²) in [6.45, 7) is -2.55. The zero-order chi connectivity index (χ0) is 25.7. The molecule has 0 spiro atoms. The molecule has 188 valence electrons.